The summed E-state index contributed by atoms with van der Waals surface area (Å²) in [6.07, 6.45) is 0.557. The molecule has 2 N–H and O–H groups in total. The summed E-state index contributed by atoms with van der Waals surface area (Å²) in [5.41, 5.74) is 6.77. The SMILES string of the molecule is CN(C)C(C)(C)C(N)Cc1cc(F)ccc1Cl. The molecule has 0 aliphatic rings. The van der Waals surface area contributed by atoms with E-state index in [1.807, 2.05) is 14.1 Å². The molecule has 17 heavy (non-hydrogen) atoms. The van der Waals surface area contributed by atoms with Gasteiger partial charge in [0.05, 0.1) is 0 Å². The number of nitrogens with zero attached hydrogens (tertiary/aromatic N) is 1. The maximum absolute atomic E-state index is 13.1. The van der Waals surface area contributed by atoms with Gasteiger partial charge in [0.2, 0.25) is 0 Å². The standard InChI is InChI=1S/C13H20ClFN2/c1-13(2,17(3)4)12(16)8-9-7-10(15)5-6-11(9)14/h5-7,12H,8,16H2,1-4H3. The molecule has 0 bridgehead atoms. The van der Waals surface area contributed by atoms with E-state index < -0.39 is 0 Å². The van der Waals surface area contributed by atoms with E-state index in [1.165, 1.54) is 12.1 Å². The van der Waals surface area contributed by atoms with Crippen LogP contribution in [0.3, 0.4) is 0 Å². The smallest absolute Gasteiger partial charge is 0.123 e. The molecule has 0 radical (unpaired) electrons. The van der Waals surface area contributed by atoms with Gasteiger partial charge in [-0.3, -0.25) is 0 Å². The largest absolute Gasteiger partial charge is 0.326 e. The number of hydrogen-bond acceptors (Lipinski definition) is 2. The molecule has 1 unspecified atom stereocenters. The molecular formula is C13H20ClFN2. The predicted molar refractivity (Wildman–Crippen MR) is 70.9 cm³/mol. The third kappa shape index (κ3) is 3.41. The Balaban J connectivity index is 2.88. The van der Waals surface area contributed by atoms with Crippen molar-refractivity contribution in [2.45, 2.75) is 31.8 Å². The van der Waals surface area contributed by atoms with Crippen LogP contribution in [-0.4, -0.2) is 30.6 Å². The highest BCUT2D eigenvalue weighted by Gasteiger charge is 2.29. The van der Waals surface area contributed by atoms with Gasteiger partial charge < -0.3 is 10.6 Å². The lowest BCUT2D eigenvalue weighted by atomic mass is 9.89. The fourth-order valence-corrected chi connectivity index (χ4v) is 1.71. The number of benzene rings is 1. The second-order valence-electron chi connectivity index (χ2n) is 5.09. The van der Waals surface area contributed by atoms with Crippen molar-refractivity contribution in [3.63, 3.8) is 0 Å². The lowest BCUT2D eigenvalue weighted by Crippen LogP contribution is -2.54. The number of rotatable bonds is 4. The Hall–Kier alpha value is -0.640. The summed E-state index contributed by atoms with van der Waals surface area (Å²) in [7, 11) is 3.96. The van der Waals surface area contributed by atoms with E-state index in [9.17, 15) is 4.39 Å². The van der Waals surface area contributed by atoms with Gasteiger partial charge in [0.1, 0.15) is 5.82 Å². The third-order valence-corrected chi connectivity index (χ3v) is 3.88. The maximum atomic E-state index is 13.1. The second kappa shape index (κ2) is 5.34. The van der Waals surface area contributed by atoms with Crippen molar-refractivity contribution >= 4 is 11.6 Å². The average Bonchev–Trinajstić information content (AvgIpc) is 2.23. The van der Waals surface area contributed by atoms with Gasteiger partial charge in [0.25, 0.3) is 0 Å². The molecule has 1 aromatic carbocycles. The summed E-state index contributed by atoms with van der Waals surface area (Å²) in [5, 5.41) is 0.566. The lowest BCUT2D eigenvalue weighted by Gasteiger charge is -2.38. The van der Waals surface area contributed by atoms with Crippen LogP contribution >= 0.6 is 11.6 Å². The van der Waals surface area contributed by atoms with Crippen molar-refractivity contribution in [1.29, 1.82) is 0 Å². The zero-order chi connectivity index (χ0) is 13.2. The first-order chi connectivity index (χ1) is 7.75. The second-order valence-corrected chi connectivity index (χ2v) is 5.50. The highest BCUT2D eigenvalue weighted by molar-refractivity contribution is 6.31. The molecule has 0 saturated carbocycles. The lowest BCUT2D eigenvalue weighted by molar-refractivity contribution is 0.158. The molecule has 0 fully saturated rings. The molecule has 1 aromatic rings. The minimum Gasteiger partial charge on any atom is -0.326 e. The molecule has 96 valence electrons. The van der Waals surface area contributed by atoms with Crippen molar-refractivity contribution < 1.29 is 4.39 Å². The van der Waals surface area contributed by atoms with Gasteiger partial charge in [-0.15, -0.1) is 0 Å². The van der Waals surface area contributed by atoms with E-state index in [4.69, 9.17) is 17.3 Å². The van der Waals surface area contributed by atoms with Crippen LogP contribution in [0.1, 0.15) is 19.4 Å². The molecule has 0 saturated heterocycles. The number of halogens is 2. The van der Waals surface area contributed by atoms with Crippen molar-refractivity contribution in [1.82, 2.24) is 4.90 Å². The van der Waals surface area contributed by atoms with Gasteiger partial charge >= 0.3 is 0 Å². The Morgan fingerprint density at radius 3 is 2.53 bits per heavy atom. The fraction of sp³-hybridized carbons (Fsp3) is 0.538. The minimum atomic E-state index is -0.278. The molecule has 0 heterocycles. The van der Waals surface area contributed by atoms with Crippen molar-refractivity contribution in [3.8, 4) is 0 Å². The summed E-state index contributed by atoms with van der Waals surface area (Å²) in [5.74, 6) is -0.278. The van der Waals surface area contributed by atoms with Gasteiger partial charge in [-0.25, -0.2) is 4.39 Å². The van der Waals surface area contributed by atoms with E-state index >= 15 is 0 Å². The van der Waals surface area contributed by atoms with Gasteiger partial charge in [0.15, 0.2) is 0 Å². The van der Waals surface area contributed by atoms with Crippen molar-refractivity contribution in [2.75, 3.05) is 14.1 Å². The third-order valence-electron chi connectivity index (χ3n) is 3.51. The van der Waals surface area contributed by atoms with Gasteiger partial charge in [0, 0.05) is 16.6 Å². The van der Waals surface area contributed by atoms with Crippen molar-refractivity contribution in [2.24, 2.45) is 5.73 Å². The van der Waals surface area contributed by atoms with Crippen LogP contribution in [0.25, 0.3) is 0 Å². The summed E-state index contributed by atoms with van der Waals surface area (Å²) < 4.78 is 13.1. The highest BCUT2D eigenvalue weighted by atomic mass is 35.5. The Kier molecular flexibility index (Phi) is 4.53. The van der Waals surface area contributed by atoms with E-state index in [2.05, 4.69) is 18.7 Å². The van der Waals surface area contributed by atoms with E-state index in [0.29, 0.717) is 11.4 Å². The Bertz CT molecular complexity index is 391. The Labute approximate surface area is 108 Å². The summed E-state index contributed by atoms with van der Waals surface area (Å²) in [6, 6.07) is 4.26. The van der Waals surface area contributed by atoms with Crippen LogP contribution in [0.2, 0.25) is 5.02 Å². The molecule has 4 heteroatoms. The van der Waals surface area contributed by atoms with Crippen LogP contribution in [0, 0.1) is 5.82 Å². The first-order valence-electron chi connectivity index (χ1n) is 5.62. The number of nitrogens with two attached hydrogens (primary N) is 1. The maximum Gasteiger partial charge on any atom is 0.123 e. The molecule has 0 aromatic heterocycles. The van der Waals surface area contributed by atoms with Crippen LogP contribution in [-0.2, 0) is 6.42 Å². The zero-order valence-corrected chi connectivity index (χ0v) is 11.6. The Morgan fingerprint density at radius 2 is 2.00 bits per heavy atom. The Morgan fingerprint density at radius 1 is 1.41 bits per heavy atom. The normalized spacial score (nSPS) is 14.1. The van der Waals surface area contributed by atoms with E-state index in [-0.39, 0.29) is 17.4 Å². The van der Waals surface area contributed by atoms with Gasteiger partial charge in [-0.2, -0.15) is 0 Å². The van der Waals surface area contributed by atoms with Gasteiger partial charge in [-0.05, 0) is 58.1 Å². The number of hydrogen-bond donors (Lipinski definition) is 1. The van der Waals surface area contributed by atoms with Crippen LogP contribution < -0.4 is 5.73 Å². The minimum absolute atomic E-state index is 0.114. The molecule has 1 atom stereocenters. The predicted octanol–water partition coefficient (Wildman–Crippen LogP) is 2.69. The summed E-state index contributed by atoms with van der Waals surface area (Å²) >= 11 is 6.03. The highest BCUT2D eigenvalue weighted by Crippen LogP contribution is 2.23. The zero-order valence-electron chi connectivity index (χ0n) is 10.8. The number of likely N-dealkylation sites (N-methyl/N-ethyl adjacent to an activating group) is 1. The summed E-state index contributed by atoms with van der Waals surface area (Å²) in [6.45, 7) is 4.12. The van der Waals surface area contributed by atoms with Gasteiger partial charge in [-0.1, -0.05) is 11.6 Å². The topological polar surface area (TPSA) is 29.3 Å². The molecule has 1 rings (SSSR count). The van der Waals surface area contributed by atoms with Crippen LogP contribution in [0.4, 0.5) is 4.39 Å². The molecule has 0 aliphatic carbocycles. The van der Waals surface area contributed by atoms with E-state index in [1.54, 1.807) is 6.07 Å². The molecule has 0 spiro atoms. The monoisotopic (exact) mass is 258 g/mol. The van der Waals surface area contributed by atoms with Crippen molar-refractivity contribution in [3.05, 3.63) is 34.6 Å². The molecule has 2 nitrogen and oxygen atoms in total. The summed E-state index contributed by atoms with van der Waals surface area (Å²) in [4.78, 5) is 2.06. The van der Waals surface area contributed by atoms with Crippen LogP contribution in [0.5, 0.6) is 0 Å². The molecule has 0 aliphatic heterocycles. The quantitative estimate of drug-likeness (QED) is 0.900. The first-order valence-corrected chi connectivity index (χ1v) is 6.00. The average molecular weight is 259 g/mol. The fourth-order valence-electron chi connectivity index (χ4n) is 1.52. The molecule has 0 amide bonds. The van der Waals surface area contributed by atoms with E-state index in [0.717, 1.165) is 5.56 Å². The first kappa shape index (κ1) is 14.4. The molecular weight excluding hydrogens is 239 g/mol. The van der Waals surface area contributed by atoms with Crippen LogP contribution in [0.15, 0.2) is 18.2 Å².